The fourth-order valence-corrected chi connectivity index (χ4v) is 2.13. The predicted octanol–water partition coefficient (Wildman–Crippen LogP) is 2.31. The summed E-state index contributed by atoms with van der Waals surface area (Å²) in [5, 5.41) is 0. The third-order valence-corrected chi connectivity index (χ3v) is 3.04. The number of hydrogen-bond donors (Lipinski definition) is 0. The molecule has 0 aliphatic carbocycles. The molecule has 1 aliphatic rings. The minimum Gasteiger partial charge on any atom is -0.381 e. The van der Waals surface area contributed by atoms with Gasteiger partial charge in [0.2, 0.25) is 0 Å². The Kier molecular flexibility index (Phi) is 3.34. The second-order valence-corrected chi connectivity index (χ2v) is 4.43. The fourth-order valence-electron chi connectivity index (χ4n) is 2.13. The fraction of sp³-hybridized carbons (Fsp3) is 0.538. The quantitative estimate of drug-likeness (QED) is 0.716. The summed E-state index contributed by atoms with van der Waals surface area (Å²) in [6.07, 6.45) is 3.42. The van der Waals surface area contributed by atoms with Crippen LogP contribution >= 0.6 is 0 Å². The maximum Gasteiger partial charge on any atom is 0.184 e. The largest absolute Gasteiger partial charge is 0.381 e. The number of ether oxygens (including phenoxy) is 1. The van der Waals surface area contributed by atoms with Crippen LogP contribution in [0.1, 0.15) is 34.5 Å². The summed E-state index contributed by atoms with van der Waals surface area (Å²) in [5.41, 5.74) is 2.72. The second kappa shape index (κ2) is 4.74. The number of carbonyl (C=O) groups excluding carboxylic acids is 1. The number of aromatic nitrogens is 1. The molecule has 0 saturated carbocycles. The van der Waals surface area contributed by atoms with Crippen LogP contribution in [0.15, 0.2) is 12.3 Å². The van der Waals surface area contributed by atoms with Crippen LogP contribution in [0.2, 0.25) is 0 Å². The molecule has 1 aromatic heterocycles. The van der Waals surface area contributed by atoms with E-state index in [0.717, 1.165) is 24.0 Å². The van der Waals surface area contributed by atoms with Crippen molar-refractivity contribution < 1.29 is 9.53 Å². The van der Waals surface area contributed by atoms with Crippen molar-refractivity contribution in [3.05, 3.63) is 29.1 Å². The molecule has 0 spiro atoms. The molecule has 2 rings (SSSR count). The van der Waals surface area contributed by atoms with Gasteiger partial charge in [0, 0.05) is 25.3 Å². The van der Waals surface area contributed by atoms with Crippen LogP contribution < -0.4 is 0 Å². The monoisotopic (exact) mass is 219 g/mol. The van der Waals surface area contributed by atoms with E-state index < -0.39 is 0 Å². The first-order chi connectivity index (χ1) is 7.68. The molecule has 1 aliphatic heterocycles. The van der Waals surface area contributed by atoms with Gasteiger partial charge in [0.25, 0.3) is 0 Å². The number of aryl methyl sites for hydroxylation is 2. The molecule has 86 valence electrons. The van der Waals surface area contributed by atoms with E-state index in [0.29, 0.717) is 18.9 Å². The molecule has 0 radical (unpaired) electrons. The first-order valence-electron chi connectivity index (χ1n) is 5.73. The van der Waals surface area contributed by atoms with Crippen LogP contribution in [-0.4, -0.2) is 24.0 Å². The zero-order valence-corrected chi connectivity index (χ0v) is 9.82. The first kappa shape index (κ1) is 11.3. The van der Waals surface area contributed by atoms with E-state index in [-0.39, 0.29) is 11.7 Å². The van der Waals surface area contributed by atoms with E-state index in [4.69, 9.17) is 4.74 Å². The van der Waals surface area contributed by atoms with Gasteiger partial charge < -0.3 is 4.74 Å². The molecule has 16 heavy (non-hydrogen) atoms. The highest BCUT2D eigenvalue weighted by atomic mass is 16.5. The van der Waals surface area contributed by atoms with Crippen LogP contribution in [-0.2, 0) is 4.74 Å². The van der Waals surface area contributed by atoms with Gasteiger partial charge in [-0.2, -0.15) is 0 Å². The van der Waals surface area contributed by atoms with E-state index in [1.165, 1.54) is 0 Å². The van der Waals surface area contributed by atoms with Gasteiger partial charge in [-0.15, -0.1) is 0 Å². The molecule has 0 N–H and O–H groups in total. The Labute approximate surface area is 95.8 Å². The average Bonchev–Trinajstić information content (AvgIpc) is 2.29. The van der Waals surface area contributed by atoms with Gasteiger partial charge in [-0.1, -0.05) is 6.07 Å². The molecule has 0 bridgehead atoms. The number of carbonyl (C=O) groups is 1. The Morgan fingerprint density at radius 1 is 1.38 bits per heavy atom. The Morgan fingerprint density at radius 3 is 2.69 bits per heavy atom. The second-order valence-electron chi connectivity index (χ2n) is 4.43. The lowest BCUT2D eigenvalue weighted by molar-refractivity contribution is 0.0541. The molecule has 3 nitrogen and oxygen atoms in total. The van der Waals surface area contributed by atoms with Gasteiger partial charge in [0.15, 0.2) is 5.78 Å². The van der Waals surface area contributed by atoms with Crippen molar-refractivity contribution in [3.63, 3.8) is 0 Å². The number of hydrogen-bond acceptors (Lipinski definition) is 3. The zero-order chi connectivity index (χ0) is 11.5. The molecule has 2 heterocycles. The lowest BCUT2D eigenvalue weighted by Gasteiger charge is -2.21. The molecule has 1 saturated heterocycles. The summed E-state index contributed by atoms with van der Waals surface area (Å²) in [6, 6.07) is 2.01. The van der Waals surface area contributed by atoms with Crippen LogP contribution in [0.25, 0.3) is 0 Å². The summed E-state index contributed by atoms with van der Waals surface area (Å²) in [6.45, 7) is 5.33. The maximum atomic E-state index is 12.2. The Hall–Kier alpha value is -1.22. The number of nitrogens with zero attached hydrogens (tertiary/aromatic N) is 1. The first-order valence-corrected chi connectivity index (χ1v) is 5.73. The van der Waals surface area contributed by atoms with Crippen molar-refractivity contribution in [1.29, 1.82) is 0 Å². The van der Waals surface area contributed by atoms with E-state index >= 15 is 0 Å². The molecule has 0 unspecified atom stereocenters. The molecular weight excluding hydrogens is 202 g/mol. The van der Waals surface area contributed by atoms with Crippen molar-refractivity contribution in [2.75, 3.05) is 13.2 Å². The van der Waals surface area contributed by atoms with Crippen molar-refractivity contribution in [2.45, 2.75) is 26.7 Å². The normalized spacial score (nSPS) is 17.4. The van der Waals surface area contributed by atoms with Gasteiger partial charge in [0.05, 0.1) is 0 Å². The highest BCUT2D eigenvalue weighted by molar-refractivity contribution is 5.97. The van der Waals surface area contributed by atoms with E-state index in [9.17, 15) is 4.79 Å². The smallest absolute Gasteiger partial charge is 0.184 e. The van der Waals surface area contributed by atoms with E-state index in [1.54, 1.807) is 6.20 Å². The molecule has 0 amide bonds. The van der Waals surface area contributed by atoms with Gasteiger partial charge >= 0.3 is 0 Å². The summed E-state index contributed by atoms with van der Waals surface area (Å²) >= 11 is 0. The summed E-state index contributed by atoms with van der Waals surface area (Å²) in [4.78, 5) is 16.5. The van der Waals surface area contributed by atoms with Crippen LogP contribution in [0.4, 0.5) is 0 Å². The Bertz CT molecular complexity index is 395. The topological polar surface area (TPSA) is 39.2 Å². The Balaban J connectivity index is 2.19. The van der Waals surface area contributed by atoms with Crippen LogP contribution in [0, 0.1) is 19.8 Å². The summed E-state index contributed by atoms with van der Waals surface area (Å²) in [7, 11) is 0. The van der Waals surface area contributed by atoms with E-state index in [2.05, 4.69) is 4.98 Å². The minimum atomic E-state index is 0.0997. The zero-order valence-electron chi connectivity index (χ0n) is 9.82. The maximum absolute atomic E-state index is 12.2. The van der Waals surface area contributed by atoms with E-state index in [1.807, 2.05) is 19.9 Å². The number of Topliss-reactive ketones (excluding diaryl/α,β-unsaturated/α-hetero) is 1. The minimum absolute atomic E-state index is 0.0997. The summed E-state index contributed by atoms with van der Waals surface area (Å²) in [5.74, 6) is 0.281. The SMILES string of the molecule is Cc1cnc(C(=O)C2CCOCC2)c(C)c1. The third kappa shape index (κ3) is 2.30. The summed E-state index contributed by atoms with van der Waals surface area (Å²) < 4.78 is 5.26. The molecule has 0 aromatic carbocycles. The molecule has 0 atom stereocenters. The highest BCUT2D eigenvalue weighted by Gasteiger charge is 2.24. The number of pyridine rings is 1. The van der Waals surface area contributed by atoms with Crippen molar-refractivity contribution in [1.82, 2.24) is 4.98 Å². The van der Waals surface area contributed by atoms with Crippen LogP contribution in [0.5, 0.6) is 0 Å². The standard InChI is InChI=1S/C13H17NO2/c1-9-7-10(2)12(14-8-9)13(15)11-3-5-16-6-4-11/h7-8,11H,3-6H2,1-2H3. The van der Waals surface area contributed by atoms with Gasteiger partial charge in [-0.3, -0.25) is 9.78 Å². The predicted molar refractivity (Wildman–Crippen MR) is 61.6 cm³/mol. The third-order valence-electron chi connectivity index (χ3n) is 3.04. The number of rotatable bonds is 2. The lowest BCUT2D eigenvalue weighted by Crippen LogP contribution is -2.24. The highest BCUT2D eigenvalue weighted by Crippen LogP contribution is 2.21. The van der Waals surface area contributed by atoms with Crippen molar-refractivity contribution in [2.24, 2.45) is 5.92 Å². The van der Waals surface area contributed by atoms with Gasteiger partial charge in [-0.05, 0) is 37.8 Å². The van der Waals surface area contributed by atoms with Crippen LogP contribution in [0.3, 0.4) is 0 Å². The van der Waals surface area contributed by atoms with Crippen molar-refractivity contribution >= 4 is 5.78 Å². The molecule has 1 aromatic rings. The molecule has 1 fully saturated rings. The van der Waals surface area contributed by atoms with Crippen molar-refractivity contribution in [3.8, 4) is 0 Å². The molecular formula is C13H17NO2. The number of ketones is 1. The lowest BCUT2D eigenvalue weighted by atomic mass is 9.91. The Morgan fingerprint density at radius 2 is 2.06 bits per heavy atom. The average molecular weight is 219 g/mol. The molecule has 3 heteroatoms. The van der Waals surface area contributed by atoms with Gasteiger partial charge in [0.1, 0.15) is 5.69 Å². The van der Waals surface area contributed by atoms with Gasteiger partial charge in [-0.25, -0.2) is 0 Å².